The van der Waals surface area contributed by atoms with E-state index in [1.54, 1.807) is 6.92 Å². The summed E-state index contributed by atoms with van der Waals surface area (Å²) in [7, 11) is 0. The summed E-state index contributed by atoms with van der Waals surface area (Å²) in [5.74, 6) is 6.91. The molecule has 0 bridgehead atoms. The maximum absolute atomic E-state index is 10.8. The molecule has 3 nitrogen and oxygen atoms in total. The zero-order chi connectivity index (χ0) is 13.5. The van der Waals surface area contributed by atoms with Crippen LogP contribution in [0.15, 0.2) is 24.3 Å². The van der Waals surface area contributed by atoms with Crippen LogP contribution >= 0.6 is 11.8 Å². The van der Waals surface area contributed by atoms with Crippen molar-refractivity contribution in [2.75, 3.05) is 19.0 Å². The van der Waals surface area contributed by atoms with Crippen molar-refractivity contribution in [3.8, 4) is 11.8 Å². The first-order valence-corrected chi connectivity index (χ1v) is 7.19. The lowest BCUT2D eigenvalue weighted by Gasteiger charge is -2.08. The van der Waals surface area contributed by atoms with E-state index in [1.807, 2.05) is 24.3 Å². The number of hydrogen-bond donors (Lipinski definition) is 0. The Morgan fingerprint density at radius 2 is 2.21 bits per heavy atom. The van der Waals surface area contributed by atoms with Crippen molar-refractivity contribution in [1.29, 1.82) is 0 Å². The Labute approximate surface area is 117 Å². The second kappa shape index (κ2) is 7.34. The molecule has 1 aromatic carbocycles. The summed E-state index contributed by atoms with van der Waals surface area (Å²) in [5, 5.41) is 0.138. The Kier molecular flexibility index (Phi) is 5.46. The molecule has 0 N–H and O–H groups in total. The maximum atomic E-state index is 10.8. The molecule has 1 aromatic rings. The van der Waals surface area contributed by atoms with E-state index in [-0.39, 0.29) is 11.4 Å². The van der Waals surface area contributed by atoms with Crippen molar-refractivity contribution in [3.63, 3.8) is 0 Å². The monoisotopic (exact) mass is 276 g/mol. The van der Waals surface area contributed by atoms with E-state index in [9.17, 15) is 4.79 Å². The van der Waals surface area contributed by atoms with Gasteiger partial charge >= 0.3 is 0 Å². The van der Waals surface area contributed by atoms with E-state index in [2.05, 4.69) is 11.8 Å². The van der Waals surface area contributed by atoms with Crippen LogP contribution in [-0.2, 0) is 14.3 Å². The molecule has 4 heteroatoms. The predicted molar refractivity (Wildman–Crippen MR) is 75.7 cm³/mol. The van der Waals surface area contributed by atoms with Gasteiger partial charge in [-0.3, -0.25) is 4.79 Å². The number of carbonyl (C=O) groups excluding carboxylic acids is 1. The Bertz CT molecular complexity index is 496. The van der Waals surface area contributed by atoms with Crippen molar-refractivity contribution in [3.05, 3.63) is 35.4 Å². The van der Waals surface area contributed by atoms with Gasteiger partial charge in [0.05, 0.1) is 13.2 Å². The summed E-state index contributed by atoms with van der Waals surface area (Å²) >= 11 is 1.31. The standard InChI is InChI=1S/C15H16O3S/c1-12(16)19-10-3-2-5-13-6-4-7-14(11-13)15-17-8-9-18-15/h4,6-7,11,15H,3,8-10H2,1H3. The number of hydrogen-bond acceptors (Lipinski definition) is 4. The van der Waals surface area contributed by atoms with Gasteiger partial charge in [-0.25, -0.2) is 0 Å². The molecule has 0 unspecified atom stereocenters. The van der Waals surface area contributed by atoms with Crippen molar-refractivity contribution >= 4 is 16.9 Å². The van der Waals surface area contributed by atoms with Crippen molar-refractivity contribution in [2.24, 2.45) is 0 Å². The second-order valence-electron chi connectivity index (χ2n) is 4.09. The topological polar surface area (TPSA) is 35.5 Å². The van der Waals surface area contributed by atoms with Gasteiger partial charge in [-0.15, -0.1) is 0 Å². The smallest absolute Gasteiger partial charge is 0.185 e. The Morgan fingerprint density at radius 3 is 2.95 bits per heavy atom. The van der Waals surface area contributed by atoms with Crippen LogP contribution in [0.4, 0.5) is 0 Å². The summed E-state index contributed by atoms with van der Waals surface area (Å²) in [4.78, 5) is 10.8. The summed E-state index contributed by atoms with van der Waals surface area (Å²) < 4.78 is 10.9. The van der Waals surface area contributed by atoms with Gasteiger partial charge in [0.1, 0.15) is 0 Å². The molecule has 1 aliphatic rings. The minimum Gasteiger partial charge on any atom is -0.346 e. The molecule has 1 fully saturated rings. The van der Waals surface area contributed by atoms with E-state index < -0.39 is 0 Å². The van der Waals surface area contributed by atoms with E-state index >= 15 is 0 Å². The minimum absolute atomic E-state index is 0.138. The number of ether oxygens (including phenoxy) is 2. The zero-order valence-electron chi connectivity index (χ0n) is 10.8. The Balaban J connectivity index is 1.91. The average Bonchev–Trinajstić information content (AvgIpc) is 2.92. The summed E-state index contributed by atoms with van der Waals surface area (Å²) in [6, 6.07) is 7.88. The molecule has 0 aromatic heterocycles. The van der Waals surface area contributed by atoms with Crippen LogP contribution in [0, 0.1) is 11.8 Å². The fourth-order valence-electron chi connectivity index (χ4n) is 1.72. The summed E-state index contributed by atoms with van der Waals surface area (Å²) in [6.45, 7) is 2.86. The van der Waals surface area contributed by atoms with Gasteiger partial charge in [-0.2, -0.15) is 0 Å². The fourth-order valence-corrected chi connectivity index (χ4v) is 2.22. The molecule has 0 radical (unpaired) electrons. The molecular weight excluding hydrogens is 260 g/mol. The van der Waals surface area contributed by atoms with Crippen LogP contribution in [0.1, 0.15) is 30.8 Å². The third-order valence-electron chi connectivity index (χ3n) is 2.55. The summed E-state index contributed by atoms with van der Waals surface area (Å²) in [6.07, 6.45) is 0.459. The number of thioether (sulfide) groups is 1. The average molecular weight is 276 g/mol. The van der Waals surface area contributed by atoms with Crippen LogP contribution in [-0.4, -0.2) is 24.1 Å². The lowest BCUT2D eigenvalue weighted by molar-refractivity contribution is -0.109. The maximum Gasteiger partial charge on any atom is 0.185 e. The highest BCUT2D eigenvalue weighted by Crippen LogP contribution is 2.23. The van der Waals surface area contributed by atoms with Gasteiger partial charge in [-0.05, 0) is 12.1 Å². The zero-order valence-corrected chi connectivity index (χ0v) is 11.7. The third kappa shape index (κ3) is 4.71. The number of benzene rings is 1. The third-order valence-corrected chi connectivity index (χ3v) is 3.36. The molecule has 100 valence electrons. The molecule has 2 rings (SSSR count). The molecule has 0 saturated carbocycles. The molecule has 0 atom stereocenters. The second-order valence-corrected chi connectivity index (χ2v) is 5.36. The van der Waals surface area contributed by atoms with E-state index in [4.69, 9.17) is 9.47 Å². The molecule has 0 amide bonds. The molecule has 1 aliphatic heterocycles. The Hall–Kier alpha value is -1.28. The van der Waals surface area contributed by atoms with Gasteiger partial charge in [0.15, 0.2) is 11.4 Å². The van der Waals surface area contributed by atoms with E-state index in [0.717, 1.165) is 16.9 Å². The largest absolute Gasteiger partial charge is 0.346 e. The SMILES string of the molecule is CC(=O)SCCC#Cc1cccc(C2OCCO2)c1. The van der Waals surface area contributed by atoms with Gasteiger partial charge < -0.3 is 9.47 Å². The number of rotatable bonds is 3. The fraction of sp³-hybridized carbons (Fsp3) is 0.400. The minimum atomic E-state index is -0.255. The molecule has 1 heterocycles. The lowest BCUT2D eigenvalue weighted by Crippen LogP contribution is -1.97. The van der Waals surface area contributed by atoms with E-state index in [0.29, 0.717) is 19.6 Å². The van der Waals surface area contributed by atoms with Gasteiger partial charge in [0.25, 0.3) is 0 Å². The predicted octanol–water partition coefficient (Wildman–Crippen LogP) is 2.75. The normalized spacial score (nSPS) is 15.0. The van der Waals surface area contributed by atoms with Crippen LogP contribution in [0.2, 0.25) is 0 Å². The Morgan fingerprint density at radius 1 is 1.42 bits per heavy atom. The van der Waals surface area contributed by atoms with Crippen LogP contribution in [0.5, 0.6) is 0 Å². The highest BCUT2D eigenvalue weighted by molar-refractivity contribution is 8.13. The number of carbonyl (C=O) groups is 1. The van der Waals surface area contributed by atoms with Gasteiger partial charge in [0.2, 0.25) is 0 Å². The molecule has 1 saturated heterocycles. The quantitative estimate of drug-likeness (QED) is 0.628. The molecule has 0 aliphatic carbocycles. The first-order chi connectivity index (χ1) is 9.25. The van der Waals surface area contributed by atoms with Crippen LogP contribution < -0.4 is 0 Å². The van der Waals surface area contributed by atoms with Crippen LogP contribution in [0.3, 0.4) is 0 Å². The van der Waals surface area contributed by atoms with Crippen molar-refractivity contribution < 1.29 is 14.3 Å². The molecular formula is C15H16O3S. The molecule has 0 spiro atoms. The first-order valence-electron chi connectivity index (χ1n) is 6.21. The highest BCUT2D eigenvalue weighted by atomic mass is 32.2. The summed E-state index contributed by atoms with van der Waals surface area (Å²) in [5.41, 5.74) is 1.95. The van der Waals surface area contributed by atoms with Crippen molar-refractivity contribution in [1.82, 2.24) is 0 Å². The van der Waals surface area contributed by atoms with Crippen molar-refractivity contribution in [2.45, 2.75) is 19.6 Å². The lowest BCUT2D eigenvalue weighted by atomic mass is 10.1. The molecule has 19 heavy (non-hydrogen) atoms. The van der Waals surface area contributed by atoms with Gasteiger partial charge in [-0.1, -0.05) is 35.7 Å². The first kappa shape index (κ1) is 14.1. The van der Waals surface area contributed by atoms with Gasteiger partial charge in [0, 0.05) is 30.2 Å². The van der Waals surface area contributed by atoms with E-state index in [1.165, 1.54) is 11.8 Å². The van der Waals surface area contributed by atoms with Crippen LogP contribution in [0.25, 0.3) is 0 Å². The highest BCUT2D eigenvalue weighted by Gasteiger charge is 2.17.